The Hall–Kier alpha value is -3.25. The van der Waals surface area contributed by atoms with Crippen molar-refractivity contribution in [2.24, 2.45) is 0 Å². The first-order chi connectivity index (χ1) is 11.3. The van der Waals surface area contributed by atoms with Crippen molar-refractivity contribution in [2.75, 3.05) is 11.1 Å². The van der Waals surface area contributed by atoms with E-state index < -0.39 is 0 Å². The molecule has 0 radical (unpaired) electrons. The van der Waals surface area contributed by atoms with Gasteiger partial charge in [-0.15, -0.1) is 0 Å². The van der Waals surface area contributed by atoms with Crippen LogP contribution in [-0.2, 0) is 6.54 Å². The minimum Gasteiger partial charge on any atom is -0.397 e. The molecule has 0 unspecified atom stereocenters. The quantitative estimate of drug-likeness (QED) is 0.701. The van der Waals surface area contributed by atoms with Gasteiger partial charge in [0.25, 0.3) is 0 Å². The third-order valence-electron chi connectivity index (χ3n) is 3.73. The molecule has 3 nitrogen and oxygen atoms in total. The van der Waals surface area contributed by atoms with E-state index in [1.54, 1.807) is 0 Å². The maximum absolute atomic E-state index is 9.44. The number of nitriles is 1. The molecule has 3 N–H and O–H groups in total. The minimum absolute atomic E-state index is 0.623. The second kappa shape index (κ2) is 6.67. The molecule has 3 aromatic rings. The molecule has 3 aromatic carbocycles. The SMILES string of the molecule is N#Cc1cc(CNc2ccccc2N)ccc1-c1ccccc1. The maximum atomic E-state index is 9.44. The molecule has 0 atom stereocenters. The van der Waals surface area contributed by atoms with Gasteiger partial charge in [0, 0.05) is 6.54 Å². The smallest absolute Gasteiger partial charge is 0.0998 e. The molecule has 0 aromatic heterocycles. The van der Waals surface area contributed by atoms with E-state index in [9.17, 15) is 5.26 Å². The number of hydrogen-bond donors (Lipinski definition) is 2. The Kier molecular flexibility index (Phi) is 4.26. The number of hydrogen-bond acceptors (Lipinski definition) is 3. The highest BCUT2D eigenvalue weighted by Gasteiger charge is 2.06. The molecule has 0 aliphatic heterocycles. The van der Waals surface area contributed by atoms with Crippen molar-refractivity contribution < 1.29 is 0 Å². The van der Waals surface area contributed by atoms with Crippen molar-refractivity contribution >= 4 is 11.4 Å². The number of para-hydroxylation sites is 2. The van der Waals surface area contributed by atoms with Gasteiger partial charge in [-0.2, -0.15) is 5.26 Å². The first-order valence-electron chi connectivity index (χ1n) is 7.45. The van der Waals surface area contributed by atoms with Crippen LogP contribution in [0.15, 0.2) is 72.8 Å². The van der Waals surface area contributed by atoms with Crippen molar-refractivity contribution in [3.63, 3.8) is 0 Å². The molecular weight excluding hydrogens is 282 g/mol. The van der Waals surface area contributed by atoms with Crippen LogP contribution >= 0.6 is 0 Å². The molecule has 0 amide bonds. The van der Waals surface area contributed by atoms with Gasteiger partial charge in [-0.25, -0.2) is 0 Å². The lowest BCUT2D eigenvalue weighted by molar-refractivity contribution is 1.15. The van der Waals surface area contributed by atoms with Crippen LogP contribution in [0.2, 0.25) is 0 Å². The van der Waals surface area contributed by atoms with E-state index in [1.807, 2.05) is 72.8 Å². The van der Waals surface area contributed by atoms with Gasteiger partial charge in [-0.05, 0) is 34.9 Å². The van der Waals surface area contributed by atoms with Crippen molar-refractivity contribution in [3.05, 3.63) is 83.9 Å². The fourth-order valence-corrected chi connectivity index (χ4v) is 2.52. The summed E-state index contributed by atoms with van der Waals surface area (Å²) in [5.41, 5.74) is 11.3. The van der Waals surface area contributed by atoms with Crippen LogP contribution in [-0.4, -0.2) is 0 Å². The Morgan fingerprint density at radius 1 is 0.913 bits per heavy atom. The molecule has 3 rings (SSSR count). The Morgan fingerprint density at radius 2 is 1.65 bits per heavy atom. The first kappa shape index (κ1) is 14.7. The standard InChI is InChI=1S/C20H17N3/c21-13-17-12-15(14-23-20-9-5-4-8-19(20)22)10-11-18(17)16-6-2-1-3-7-16/h1-12,23H,14,22H2. The largest absolute Gasteiger partial charge is 0.397 e. The fraction of sp³-hybridized carbons (Fsp3) is 0.0500. The van der Waals surface area contributed by atoms with Crippen LogP contribution in [0.1, 0.15) is 11.1 Å². The summed E-state index contributed by atoms with van der Waals surface area (Å²) in [5, 5.41) is 12.7. The van der Waals surface area contributed by atoms with Crippen LogP contribution in [0.4, 0.5) is 11.4 Å². The predicted molar refractivity (Wildman–Crippen MR) is 94.8 cm³/mol. The first-order valence-corrected chi connectivity index (χ1v) is 7.45. The number of nitrogens with two attached hydrogens (primary N) is 1. The van der Waals surface area contributed by atoms with Gasteiger partial charge in [-0.3, -0.25) is 0 Å². The zero-order chi connectivity index (χ0) is 16.1. The van der Waals surface area contributed by atoms with E-state index in [-0.39, 0.29) is 0 Å². The Morgan fingerprint density at radius 3 is 2.39 bits per heavy atom. The highest BCUT2D eigenvalue weighted by molar-refractivity contribution is 5.71. The van der Waals surface area contributed by atoms with Crippen molar-refractivity contribution in [3.8, 4) is 17.2 Å². The van der Waals surface area contributed by atoms with Gasteiger partial charge in [0.1, 0.15) is 0 Å². The molecule has 112 valence electrons. The lowest BCUT2D eigenvalue weighted by Gasteiger charge is -2.11. The summed E-state index contributed by atoms with van der Waals surface area (Å²) in [5.74, 6) is 0. The average Bonchev–Trinajstić information content (AvgIpc) is 2.61. The molecule has 23 heavy (non-hydrogen) atoms. The zero-order valence-electron chi connectivity index (χ0n) is 12.7. The number of nitrogen functional groups attached to an aromatic ring is 1. The fourth-order valence-electron chi connectivity index (χ4n) is 2.52. The molecule has 0 bridgehead atoms. The number of nitrogens with zero attached hydrogens (tertiary/aromatic N) is 1. The Labute approximate surface area is 136 Å². The van der Waals surface area contributed by atoms with E-state index in [4.69, 9.17) is 5.73 Å². The number of nitrogens with one attached hydrogen (secondary N) is 1. The minimum atomic E-state index is 0.623. The molecule has 0 saturated carbocycles. The van der Waals surface area contributed by atoms with Crippen LogP contribution < -0.4 is 11.1 Å². The lowest BCUT2D eigenvalue weighted by Crippen LogP contribution is -2.02. The average molecular weight is 299 g/mol. The molecular formula is C20H17N3. The second-order valence-corrected chi connectivity index (χ2v) is 5.30. The van der Waals surface area contributed by atoms with Crippen LogP contribution in [0.25, 0.3) is 11.1 Å². The third kappa shape index (κ3) is 3.33. The second-order valence-electron chi connectivity index (χ2n) is 5.30. The highest BCUT2D eigenvalue weighted by Crippen LogP contribution is 2.25. The topological polar surface area (TPSA) is 61.8 Å². The lowest BCUT2D eigenvalue weighted by atomic mass is 9.98. The summed E-state index contributed by atoms with van der Waals surface area (Å²) in [6.45, 7) is 0.623. The van der Waals surface area contributed by atoms with Crippen LogP contribution in [0, 0.1) is 11.3 Å². The van der Waals surface area contributed by atoms with Crippen molar-refractivity contribution in [1.82, 2.24) is 0 Å². The molecule has 3 heteroatoms. The molecule has 0 spiro atoms. The predicted octanol–water partition coefficient (Wildman–Crippen LogP) is 4.42. The van der Waals surface area contributed by atoms with E-state index in [0.29, 0.717) is 17.8 Å². The van der Waals surface area contributed by atoms with Crippen LogP contribution in [0.5, 0.6) is 0 Å². The summed E-state index contributed by atoms with van der Waals surface area (Å²) < 4.78 is 0. The number of rotatable bonds is 4. The van der Waals surface area contributed by atoms with E-state index >= 15 is 0 Å². The van der Waals surface area contributed by atoms with E-state index in [2.05, 4.69) is 11.4 Å². The Bertz CT molecular complexity index is 848. The molecule has 0 aliphatic carbocycles. The summed E-state index contributed by atoms with van der Waals surface area (Å²) in [6, 6.07) is 25.9. The summed E-state index contributed by atoms with van der Waals surface area (Å²) in [4.78, 5) is 0. The third-order valence-corrected chi connectivity index (χ3v) is 3.73. The zero-order valence-corrected chi connectivity index (χ0v) is 12.7. The normalized spacial score (nSPS) is 10.0. The highest BCUT2D eigenvalue weighted by atomic mass is 14.9. The molecule has 0 fully saturated rings. The number of benzene rings is 3. The molecule has 0 heterocycles. The van der Waals surface area contributed by atoms with Gasteiger partial charge in [0.05, 0.1) is 23.0 Å². The van der Waals surface area contributed by atoms with E-state index in [0.717, 1.165) is 22.4 Å². The van der Waals surface area contributed by atoms with Crippen molar-refractivity contribution in [1.29, 1.82) is 5.26 Å². The molecule has 0 aliphatic rings. The van der Waals surface area contributed by atoms with Gasteiger partial charge in [0.15, 0.2) is 0 Å². The van der Waals surface area contributed by atoms with Gasteiger partial charge < -0.3 is 11.1 Å². The van der Waals surface area contributed by atoms with Crippen molar-refractivity contribution in [2.45, 2.75) is 6.54 Å². The van der Waals surface area contributed by atoms with Gasteiger partial charge >= 0.3 is 0 Å². The summed E-state index contributed by atoms with van der Waals surface area (Å²) >= 11 is 0. The van der Waals surface area contributed by atoms with Gasteiger partial charge in [-0.1, -0.05) is 54.6 Å². The maximum Gasteiger partial charge on any atom is 0.0998 e. The monoisotopic (exact) mass is 299 g/mol. The number of anilines is 2. The summed E-state index contributed by atoms with van der Waals surface area (Å²) in [6.07, 6.45) is 0. The Balaban J connectivity index is 1.83. The van der Waals surface area contributed by atoms with Gasteiger partial charge in [0.2, 0.25) is 0 Å². The summed E-state index contributed by atoms with van der Waals surface area (Å²) in [7, 11) is 0. The van der Waals surface area contributed by atoms with Crippen LogP contribution in [0.3, 0.4) is 0 Å². The molecule has 0 saturated heterocycles. The van der Waals surface area contributed by atoms with E-state index in [1.165, 1.54) is 0 Å².